The third-order valence-corrected chi connectivity index (χ3v) is 6.14. The van der Waals surface area contributed by atoms with Crippen LogP contribution in [0.5, 0.6) is 5.75 Å². The molecule has 1 N–H and O–H groups in total. The molecule has 0 bridgehead atoms. The van der Waals surface area contributed by atoms with Gasteiger partial charge in [0.1, 0.15) is 16.1 Å². The molecule has 0 radical (unpaired) electrons. The molecule has 1 fully saturated rings. The van der Waals surface area contributed by atoms with Crippen molar-refractivity contribution in [1.82, 2.24) is 15.3 Å². The van der Waals surface area contributed by atoms with Gasteiger partial charge in [-0.15, -0.1) is 0 Å². The third-order valence-electron chi connectivity index (χ3n) is 5.10. The molecule has 1 aliphatic rings. The predicted octanol–water partition coefficient (Wildman–Crippen LogP) is 3.28. The van der Waals surface area contributed by atoms with Crippen molar-refractivity contribution in [2.24, 2.45) is 5.92 Å². The summed E-state index contributed by atoms with van der Waals surface area (Å²) in [4.78, 5) is 24.9. The molecule has 0 spiro atoms. The van der Waals surface area contributed by atoms with Crippen LogP contribution in [0.4, 0.5) is 5.13 Å². The number of hydrogen-bond acceptors (Lipinski definition) is 6. The Bertz CT molecular complexity index is 925. The number of ether oxygens (including phenoxy) is 1. The average molecular weight is 397 g/mol. The number of piperidine rings is 1. The molecule has 0 aliphatic carbocycles. The maximum absolute atomic E-state index is 12.7. The highest BCUT2D eigenvalue weighted by Gasteiger charge is 2.27. The lowest BCUT2D eigenvalue weighted by Crippen LogP contribution is -2.43. The number of pyridine rings is 1. The van der Waals surface area contributed by atoms with E-state index in [4.69, 9.17) is 4.74 Å². The number of aromatic nitrogens is 2. The second kappa shape index (κ2) is 8.56. The van der Waals surface area contributed by atoms with Crippen molar-refractivity contribution >= 4 is 32.7 Å². The van der Waals surface area contributed by atoms with Crippen molar-refractivity contribution in [2.75, 3.05) is 31.6 Å². The summed E-state index contributed by atoms with van der Waals surface area (Å²) < 4.78 is 5.38. The number of rotatable bonds is 6. The molecule has 3 aromatic rings. The van der Waals surface area contributed by atoms with Crippen LogP contribution in [0.15, 0.2) is 42.6 Å². The first-order chi connectivity index (χ1) is 13.7. The topological polar surface area (TPSA) is 67.3 Å². The summed E-state index contributed by atoms with van der Waals surface area (Å²) in [5, 5.41) is 4.06. The molecule has 2 aromatic heterocycles. The van der Waals surface area contributed by atoms with Gasteiger partial charge in [0.15, 0.2) is 5.13 Å². The number of benzene rings is 1. The van der Waals surface area contributed by atoms with E-state index in [1.54, 1.807) is 24.6 Å². The van der Waals surface area contributed by atoms with Crippen LogP contribution in [0.2, 0.25) is 0 Å². The number of methoxy groups -OCH3 is 1. The fourth-order valence-corrected chi connectivity index (χ4v) is 4.58. The van der Waals surface area contributed by atoms with Gasteiger partial charge in [-0.25, -0.2) is 9.97 Å². The van der Waals surface area contributed by atoms with Gasteiger partial charge in [-0.1, -0.05) is 29.5 Å². The molecule has 7 heteroatoms. The maximum atomic E-state index is 12.7. The van der Waals surface area contributed by atoms with Gasteiger partial charge in [0.2, 0.25) is 5.91 Å². The number of hydrogen-bond donors (Lipinski definition) is 1. The van der Waals surface area contributed by atoms with Gasteiger partial charge in [-0.2, -0.15) is 0 Å². The molecule has 1 aliphatic heterocycles. The van der Waals surface area contributed by atoms with Crippen molar-refractivity contribution in [3.63, 3.8) is 0 Å². The van der Waals surface area contributed by atoms with Gasteiger partial charge >= 0.3 is 0 Å². The maximum Gasteiger partial charge on any atom is 0.224 e. The number of nitrogens with zero attached hydrogens (tertiary/aromatic N) is 3. The summed E-state index contributed by atoms with van der Waals surface area (Å²) in [5.74, 6) is 0.982. The Hall–Kier alpha value is -2.67. The number of nitrogens with one attached hydrogen (secondary N) is 1. The molecule has 1 saturated heterocycles. The van der Waals surface area contributed by atoms with E-state index in [0.29, 0.717) is 13.1 Å². The summed E-state index contributed by atoms with van der Waals surface area (Å²) in [6, 6.07) is 11.8. The average Bonchev–Trinajstić information content (AvgIpc) is 3.18. The van der Waals surface area contributed by atoms with Crippen LogP contribution in [0, 0.1) is 5.92 Å². The van der Waals surface area contributed by atoms with E-state index < -0.39 is 0 Å². The zero-order chi connectivity index (χ0) is 19.3. The van der Waals surface area contributed by atoms with Crippen molar-refractivity contribution in [2.45, 2.75) is 19.3 Å². The third kappa shape index (κ3) is 4.09. The largest absolute Gasteiger partial charge is 0.496 e. The highest BCUT2D eigenvalue weighted by Crippen LogP contribution is 2.30. The van der Waals surface area contributed by atoms with Crippen LogP contribution < -0.4 is 15.0 Å². The van der Waals surface area contributed by atoms with E-state index in [2.05, 4.69) is 20.2 Å². The SMILES string of the molecule is COc1ccccc1CCNC(=O)[C@@H]1CCCN(c2nc3cccnc3s2)C1. The summed E-state index contributed by atoms with van der Waals surface area (Å²) in [6.45, 7) is 2.26. The Balaban J connectivity index is 1.34. The van der Waals surface area contributed by atoms with Crippen LogP contribution in [-0.4, -0.2) is 42.6 Å². The lowest BCUT2D eigenvalue weighted by molar-refractivity contribution is -0.125. The monoisotopic (exact) mass is 396 g/mol. The smallest absolute Gasteiger partial charge is 0.224 e. The van der Waals surface area contributed by atoms with Crippen molar-refractivity contribution < 1.29 is 9.53 Å². The minimum Gasteiger partial charge on any atom is -0.496 e. The van der Waals surface area contributed by atoms with E-state index in [-0.39, 0.29) is 11.8 Å². The molecule has 4 rings (SSSR count). The number of thiazole rings is 1. The second-order valence-corrected chi connectivity index (χ2v) is 7.92. The first-order valence-electron chi connectivity index (χ1n) is 9.60. The van der Waals surface area contributed by atoms with E-state index in [9.17, 15) is 4.79 Å². The number of para-hydroxylation sites is 1. The number of amides is 1. The van der Waals surface area contributed by atoms with E-state index >= 15 is 0 Å². The molecule has 1 amide bonds. The van der Waals surface area contributed by atoms with Crippen LogP contribution in [-0.2, 0) is 11.2 Å². The van der Waals surface area contributed by atoms with E-state index in [0.717, 1.165) is 52.6 Å². The van der Waals surface area contributed by atoms with Gasteiger partial charge in [-0.3, -0.25) is 4.79 Å². The van der Waals surface area contributed by atoms with Gasteiger partial charge < -0.3 is 15.0 Å². The highest BCUT2D eigenvalue weighted by molar-refractivity contribution is 7.21. The fraction of sp³-hybridized carbons (Fsp3) is 0.381. The lowest BCUT2D eigenvalue weighted by Gasteiger charge is -2.31. The molecule has 1 aromatic carbocycles. The highest BCUT2D eigenvalue weighted by atomic mass is 32.1. The Kier molecular flexibility index (Phi) is 5.71. The fourth-order valence-electron chi connectivity index (χ4n) is 3.63. The molecule has 28 heavy (non-hydrogen) atoms. The van der Waals surface area contributed by atoms with Gasteiger partial charge in [0.25, 0.3) is 0 Å². The standard InChI is InChI=1S/C21H24N4O2S/c1-27-18-9-3-2-6-15(18)10-12-22-19(26)16-7-5-13-25(14-16)21-24-17-8-4-11-23-20(17)28-21/h2-4,6,8-9,11,16H,5,7,10,12-14H2,1H3,(H,22,26)/t16-/m1/s1. The molecule has 146 valence electrons. The first kappa shape index (κ1) is 18.7. The van der Waals surface area contributed by atoms with Gasteiger partial charge in [0.05, 0.1) is 13.0 Å². The zero-order valence-electron chi connectivity index (χ0n) is 15.9. The minimum absolute atomic E-state index is 0.00797. The normalized spacial score (nSPS) is 16.9. The molecular formula is C21H24N4O2S. The molecule has 3 heterocycles. The summed E-state index contributed by atoms with van der Waals surface area (Å²) in [6.07, 6.45) is 4.46. The zero-order valence-corrected chi connectivity index (χ0v) is 16.7. The molecule has 0 saturated carbocycles. The first-order valence-corrected chi connectivity index (χ1v) is 10.4. The Morgan fingerprint density at radius 2 is 2.21 bits per heavy atom. The van der Waals surface area contributed by atoms with Gasteiger partial charge in [0, 0.05) is 25.8 Å². The van der Waals surface area contributed by atoms with Crippen molar-refractivity contribution in [1.29, 1.82) is 0 Å². The van der Waals surface area contributed by atoms with Crippen LogP contribution in [0.3, 0.4) is 0 Å². The minimum atomic E-state index is -0.00797. The summed E-state index contributed by atoms with van der Waals surface area (Å²) >= 11 is 1.59. The molecule has 0 unspecified atom stereocenters. The van der Waals surface area contributed by atoms with Crippen LogP contribution in [0.1, 0.15) is 18.4 Å². The lowest BCUT2D eigenvalue weighted by atomic mass is 9.97. The number of carbonyl (C=O) groups is 1. The quantitative estimate of drug-likeness (QED) is 0.693. The molecular weight excluding hydrogens is 372 g/mol. The van der Waals surface area contributed by atoms with E-state index in [1.807, 2.05) is 36.4 Å². The van der Waals surface area contributed by atoms with Crippen LogP contribution in [0.25, 0.3) is 10.3 Å². The number of fused-ring (bicyclic) bond motifs is 1. The number of anilines is 1. The van der Waals surface area contributed by atoms with Crippen molar-refractivity contribution in [3.8, 4) is 5.75 Å². The Labute approximate surface area is 168 Å². The Morgan fingerprint density at radius 3 is 3.07 bits per heavy atom. The van der Waals surface area contributed by atoms with Crippen LogP contribution >= 0.6 is 11.3 Å². The summed E-state index contributed by atoms with van der Waals surface area (Å²) in [7, 11) is 1.67. The summed E-state index contributed by atoms with van der Waals surface area (Å²) in [5.41, 5.74) is 2.03. The second-order valence-electron chi connectivity index (χ2n) is 6.96. The molecule has 1 atom stereocenters. The Morgan fingerprint density at radius 1 is 1.32 bits per heavy atom. The number of carbonyl (C=O) groups excluding carboxylic acids is 1. The molecule has 6 nitrogen and oxygen atoms in total. The van der Waals surface area contributed by atoms with Gasteiger partial charge in [-0.05, 0) is 43.0 Å². The van der Waals surface area contributed by atoms with E-state index in [1.165, 1.54) is 0 Å². The van der Waals surface area contributed by atoms with Crippen molar-refractivity contribution in [3.05, 3.63) is 48.2 Å². The predicted molar refractivity (Wildman–Crippen MR) is 112 cm³/mol.